The van der Waals surface area contributed by atoms with Crippen LogP contribution >= 0.6 is 11.8 Å². The fourth-order valence-corrected chi connectivity index (χ4v) is 2.48. The summed E-state index contributed by atoms with van der Waals surface area (Å²) in [5.74, 6) is 0.257. The number of hydrogen-bond acceptors (Lipinski definition) is 3. The molecule has 14 heavy (non-hydrogen) atoms. The summed E-state index contributed by atoms with van der Waals surface area (Å²) < 4.78 is 0. The van der Waals surface area contributed by atoms with Crippen LogP contribution in [-0.2, 0) is 9.59 Å². The average molecular weight is 217 g/mol. The van der Waals surface area contributed by atoms with Gasteiger partial charge in [-0.3, -0.25) is 9.59 Å². The standard InChI is InChI=1S/C9H15NO3S/c11-7-5-6-14-8(10-7)3-1-2-4-9(12)13/h8H,1-6H2,(H,10,11)(H,12,13). The summed E-state index contributed by atoms with van der Waals surface area (Å²) in [6.45, 7) is 0. The first kappa shape index (κ1) is 11.4. The minimum atomic E-state index is -0.745. The van der Waals surface area contributed by atoms with Crippen LogP contribution in [0.1, 0.15) is 32.1 Å². The Morgan fingerprint density at radius 1 is 1.57 bits per heavy atom. The smallest absolute Gasteiger partial charge is 0.303 e. The van der Waals surface area contributed by atoms with E-state index in [2.05, 4.69) is 5.32 Å². The summed E-state index contributed by atoms with van der Waals surface area (Å²) >= 11 is 1.75. The van der Waals surface area contributed by atoms with Gasteiger partial charge in [0.05, 0.1) is 5.37 Å². The molecule has 0 saturated carbocycles. The van der Waals surface area contributed by atoms with Gasteiger partial charge in [-0.1, -0.05) is 0 Å². The number of aliphatic carboxylic acids is 1. The highest BCUT2D eigenvalue weighted by atomic mass is 32.2. The van der Waals surface area contributed by atoms with E-state index in [1.54, 1.807) is 11.8 Å². The van der Waals surface area contributed by atoms with Gasteiger partial charge in [-0.2, -0.15) is 0 Å². The Balaban J connectivity index is 2.06. The predicted octanol–water partition coefficient (Wildman–Crippen LogP) is 1.21. The largest absolute Gasteiger partial charge is 0.481 e. The predicted molar refractivity (Wildman–Crippen MR) is 55.1 cm³/mol. The van der Waals surface area contributed by atoms with E-state index in [0.29, 0.717) is 12.8 Å². The van der Waals surface area contributed by atoms with Crippen molar-refractivity contribution in [2.24, 2.45) is 0 Å². The normalized spacial score (nSPS) is 21.7. The molecule has 1 fully saturated rings. The molecule has 1 aliphatic heterocycles. The number of carboxylic acids is 1. The molecule has 5 heteroatoms. The molecule has 1 saturated heterocycles. The lowest BCUT2D eigenvalue weighted by Gasteiger charge is -2.22. The zero-order chi connectivity index (χ0) is 10.4. The number of carboxylic acid groups (broad SMARTS) is 1. The quantitative estimate of drug-likeness (QED) is 0.679. The Labute approximate surface area is 87.4 Å². The van der Waals surface area contributed by atoms with Crippen molar-refractivity contribution >= 4 is 23.6 Å². The van der Waals surface area contributed by atoms with E-state index in [1.165, 1.54) is 0 Å². The second-order valence-electron chi connectivity index (χ2n) is 3.32. The second kappa shape index (κ2) is 5.90. The number of nitrogens with one attached hydrogen (secondary N) is 1. The number of unbranched alkanes of at least 4 members (excludes halogenated alkanes) is 1. The monoisotopic (exact) mass is 217 g/mol. The molecule has 0 radical (unpaired) electrons. The maximum atomic E-state index is 11.0. The summed E-state index contributed by atoms with van der Waals surface area (Å²) in [5, 5.41) is 11.5. The molecule has 1 atom stereocenters. The number of thioether (sulfide) groups is 1. The zero-order valence-electron chi connectivity index (χ0n) is 7.99. The van der Waals surface area contributed by atoms with Crippen LogP contribution in [0.4, 0.5) is 0 Å². The lowest BCUT2D eigenvalue weighted by molar-refractivity contribution is -0.137. The van der Waals surface area contributed by atoms with Crippen molar-refractivity contribution in [3.05, 3.63) is 0 Å². The lowest BCUT2D eigenvalue weighted by Crippen LogP contribution is -2.36. The number of amides is 1. The number of carbonyl (C=O) groups is 2. The summed E-state index contributed by atoms with van der Waals surface area (Å²) in [4.78, 5) is 21.2. The average Bonchev–Trinajstić information content (AvgIpc) is 2.12. The van der Waals surface area contributed by atoms with Crippen molar-refractivity contribution in [1.82, 2.24) is 5.32 Å². The van der Waals surface area contributed by atoms with Crippen molar-refractivity contribution in [2.75, 3.05) is 5.75 Å². The fraction of sp³-hybridized carbons (Fsp3) is 0.778. The first-order valence-electron chi connectivity index (χ1n) is 4.81. The highest BCUT2D eigenvalue weighted by Gasteiger charge is 2.17. The van der Waals surface area contributed by atoms with Gasteiger partial charge < -0.3 is 10.4 Å². The van der Waals surface area contributed by atoms with Gasteiger partial charge >= 0.3 is 5.97 Å². The Morgan fingerprint density at radius 2 is 2.36 bits per heavy atom. The third-order valence-corrected chi connectivity index (χ3v) is 3.27. The van der Waals surface area contributed by atoms with Crippen LogP contribution in [0.15, 0.2) is 0 Å². The SMILES string of the molecule is O=C(O)CCCCC1NC(=O)CCS1. The van der Waals surface area contributed by atoms with Gasteiger partial charge in [-0.15, -0.1) is 11.8 Å². The van der Waals surface area contributed by atoms with Crippen molar-refractivity contribution in [3.8, 4) is 0 Å². The summed E-state index contributed by atoms with van der Waals surface area (Å²) in [6, 6.07) is 0. The topological polar surface area (TPSA) is 66.4 Å². The van der Waals surface area contributed by atoms with E-state index in [0.717, 1.165) is 18.6 Å². The van der Waals surface area contributed by atoms with Crippen LogP contribution in [-0.4, -0.2) is 28.1 Å². The molecule has 0 aromatic carbocycles. The zero-order valence-corrected chi connectivity index (χ0v) is 8.81. The molecule has 2 N–H and O–H groups in total. The fourth-order valence-electron chi connectivity index (χ4n) is 1.35. The summed E-state index contributed by atoms with van der Waals surface area (Å²) in [5.41, 5.74) is 0. The van der Waals surface area contributed by atoms with Gasteiger partial charge in [0.1, 0.15) is 0 Å². The van der Waals surface area contributed by atoms with Crippen molar-refractivity contribution in [3.63, 3.8) is 0 Å². The van der Waals surface area contributed by atoms with Gasteiger partial charge in [-0.05, 0) is 19.3 Å². The van der Waals surface area contributed by atoms with Crippen LogP contribution in [0, 0.1) is 0 Å². The van der Waals surface area contributed by atoms with Gasteiger partial charge in [0, 0.05) is 18.6 Å². The van der Waals surface area contributed by atoms with Gasteiger partial charge in [0.2, 0.25) is 5.91 Å². The van der Waals surface area contributed by atoms with E-state index in [1.807, 2.05) is 0 Å². The van der Waals surface area contributed by atoms with Gasteiger partial charge in [0.25, 0.3) is 0 Å². The number of hydrogen-bond donors (Lipinski definition) is 2. The molecular weight excluding hydrogens is 202 g/mol. The molecule has 0 aromatic rings. The molecular formula is C9H15NO3S. The molecule has 0 aromatic heterocycles. The molecule has 0 aliphatic carbocycles. The highest BCUT2D eigenvalue weighted by molar-refractivity contribution is 8.00. The van der Waals surface area contributed by atoms with Gasteiger partial charge in [0.15, 0.2) is 0 Å². The summed E-state index contributed by atoms with van der Waals surface area (Å²) in [6.07, 6.45) is 3.28. The Hall–Kier alpha value is -0.710. The Kier molecular flexibility index (Phi) is 4.79. The maximum absolute atomic E-state index is 11.0. The Morgan fingerprint density at radius 3 is 3.00 bits per heavy atom. The van der Waals surface area contributed by atoms with E-state index in [-0.39, 0.29) is 17.7 Å². The van der Waals surface area contributed by atoms with Crippen molar-refractivity contribution < 1.29 is 14.7 Å². The minimum Gasteiger partial charge on any atom is -0.481 e. The first-order valence-corrected chi connectivity index (χ1v) is 5.86. The molecule has 80 valence electrons. The van der Waals surface area contributed by atoms with E-state index in [9.17, 15) is 9.59 Å². The molecule has 1 amide bonds. The Bertz CT molecular complexity index is 220. The van der Waals surface area contributed by atoms with Crippen LogP contribution in [0.2, 0.25) is 0 Å². The van der Waals surface area contributed by atoms with Crippen LogP contribution in [0.25, 0.3) is 0 Å². The van der Waals surface area contributed by atoms with Crippen LogP contribution in [0.3, 0.4) is 0 Å². The molecule has 1 heterocycles. The molecule has 0 spiro atoms. The first-order chi connectivity index (χ1) is 6.68. The van der Waals surface area contributed by atoms with E-state index in [4.69, 9.17) is 5.11 Å². The maximum Gasteiger partial charge on any atom is 0.303 e. The second-order valence-corrected chi connectivity index (χ2v) is 4.63. The van der Waals surface area contributed by atoms with Crippen molar-refractivity contribution in [1.29, 1.82) is 0 Å². The van der Waals surface area contributed by atoms with E-state index < -0.39 is 5.97 Å². The molecule has 1 rings (SSSR count). The highest BCUT2D eigenvalue weighted by Crippen LogP contribution is 2.20. The molecule has 4 nitrogen and oxygen atoms in total. The molecule has 0 bridgehead atoms. The third-order valence-electron chi connectivity index (χ3n) is 2.08. The molecule has 1 unspecified atom stereocenters. The number of rotatable bonds is 5. The van der Waals surface area contributed by atoms with E-state index >= 15 is 0 Å². The summed E-state index contributed by atoms with van der Waals surface area (Å²) in [7, 11) is 0. The molecule has 1 aliphatic rings. The van der Waals surface area contributed by atoms with Crippen LogP contribution in [0.5, 0.6) is 0 Å². The minimum absolute atomic E-state index is 0.118. The van der Waals surface area contributed by atoms with Crippen LogP contribution < -0.4 is 5.32 Å². The lowest BCUT2D eigenvalue weighted by atomic mass is 10.2. The van der Waals surface area contributed by atoms with Crippen molar-refractivity contribution in [2.45, 2.75) is 37.5 Å². The third kappa shape index (κ3) is 4.50. The number of carbonyl (C=O) groups excluding carboxylic acids is 1. The van der Waals surface area contributed by atoms with Gasteiger partial charge in [-0.25, -0.2) is 0 Å².